The topological polar surface area (TPSA) is 143 Å². The molecule has 0 aliphatic carbocycles. The van der Waals surface area contributed by atoms with E-state index in [0.29, 0.717) is 0 Å². The fraction of sp³-hybridized carbons (Fsp3) is 0.500. The number of aromatic hydroxyl groups is 1. The summed E-state index contributed by atoms with van der Waals surface area (Å²) in [7, 11) is 0. The molecule has 1 aromatic carbocycles. The van der Waals surface area contributed by atoms with Crippen LogP contribution < -0.4 is 0 Å². The lowest BCUT2D eigenvalue weighted by molar-refractivity contribution is -0.205. The number of ether oxygens (including phenoxy) is 1. The third kappa shape index (κ3) is 4.34. The summed E-state index contributed by atoms with van der Waals surface area (Å²) >= 11 is 0.881. The van der Waals surface area contributed by atoms with Crippen LogP contribution in [0.3, 0.4) is 0 Å². The Bertz CT molecular complexity index is 536. The zero-order chi connectivity index (χ0) is 17.0. The minimum absolute atomic E-state index is 0.109. The second kappa shape index (κ2) is 7.95. The minimum atomic E-state index is -1.48. The molecule has 0 bridgehead atoms. The number of hydrogen-bond acceptors (Lipinski definition) is 9. The van der Waals surface area contributed by atoms with Crippen LogP contribution in [0.2, 0.25) is 0 Å². The van der Waals surface area contributed by atoms with Crippen molar-refractivity contribution in [1.82, 2.24) is 0 Å². The van der Waals surface area contributed by atoms with Crippen LogP contribution in [0.25, 0.3) is 0 Å². The smallest absolute Gasteiger partial charge is 0.138 e. The molecule has 9 heteroatoms. The van der Waals surface area contributed by atoms with Gasteiger partial charge in [0.2, 0.25) is 0 Å². The molecule has 0 aromatic heterocycles. The number of benzene rings is 1. The average Bonchev–Trinajstić information content (AvgIpc) is 2.56. The molecule has 8 nitrogen and oxygen atoms in total. The van der Waals surface area contributed by atoms with Crippen molar-refractivity contribution in [3.05, 3.63) is 29.8 Å². The van der Waals surface area contributed by atoms with Crippen molar-refractivity contribution < 1.29 is 35.5 Å². The van der Waals surface area contributed by atoms with E-state index in [1.165, 1.54) is 12.1 Å². The summed E-state index contributed by atoms with van der Waals surface area (Å²) in [5.41, 5.74) is -0.249. The molecular formula is C14H19NO7S. The van der Waals surface area contributed by atoms with Crippen LogP contribution in [0, 0.1) is 0 Å². The SMILES string of the molecule is OCC1OC(S/C(Cc2ccc(O)cc2)=N\O)C(O)C(O)C1O. The Labute approximate surface area is 136 Å². The van der Waals surface area contributed by atoms with Gasteiger partial charge in [-0.05, 0) is 17.7 Å². The maximum absolute atomic E-state index is 9.96. The summed E-state index contributed by atoms with van der Waals surface area (Å²) in [5, 5.41) is 60.3. The summed E-state index contributed by atoms with van der Waals surface area (Å²) in [5.74, 6) is 0.109. The standard InChI is InChI=1S/C14H19NO7S/c16-6-9-11(18)12(19)13(20)14(22-9)23-10(15-21)5-7-1-3-8(17)4-2-7/h1-4,9,11-14,16-21H,5-6H2/b15-10-. The van der Waals surface area contributed by atoms with Crippen molar-refractivity contribution in [2.45, 2.75) is 36.3 Å². The number of aliphatic hydroxyl groups is 4. The normalized spacial score (nSPS) is 32.0. The van der Waals surface area contributed by atoms with Gasteiger partial charge in [-0.25, -0.2) is 0 Å². The molecule has 23 heavy (non-hydrogen) atoms. The van der Waals surface area contributed by atoms with E-state index in [4.69, 9.17) is 15.1 Å². The monoisotopic (exact) mass is 345 g/mol. The van der Waals surface area contributed by atoms with E-state index >= 15 is 0 Å². The molecule has 0 saturated carbocycles. The van der Waals surface area contributed by atoms with E-state index in [2.05, 4.69) is 5.16 Å². The zero-order valence-electron chi connectivity index (χ0n) is 12.1. The fourth-order valence-electron chi connectivity index (χ4n) is 2.19. The van der Waals surface area contributed by atoms with Crippen molar-refractivity contribution in [1.29, 1.82) is 0 Å². The number of rotatable bonds is 4. The highest BCUT2D eigenvalue weighted by Gasteiger charge is 2.44. The number of oxime groups is 1. The fourth-order valence-corrected chi connectivity index (χ4v) is 3.25. The second-order valence-electron chi connectivity index (χ2n) is 5.15. The summed E-state index contributed by atoms with van der Waals surface area (Å²) in [4.78, 5) is 0. The summed E-state index contributed by atoms with van der Waals surface area (Å²) < 4.78 is 5.34. The first-order chi connectivity index (χ1) is 11.0. The van der Waals surface area contributed by atoms with Gasteiger partial charge in [0.25, 0.3) is 0 Å². The van der Waals surface area contributed by atoms with E-state index in [9.17, 15) is 20.4 Å². The lowest BCUT2D eigenvalue weighted by Crippen LogP contribution is -2.57. The number of hydrogen-bond donors (Lipinski definition) is 6. The number of phenolic OH excluding ortho intramolecular Hbond substituents is 1. The molecule has 1 fully saturated rings. The van der Waals surface area contributed by atoms with Crippen LogP contribution in [0.5, 0.6) is 5.75 Å². The van der Waals surface area contributed by atoms with Crippen molar-refractivity contribution >= 4 is 16.8 Å². The van der Waals surface area contributed by atoms with E-state index in [0.717, 1.165) is 17.3 Å². The third-order valence-electron chi connectivity index (χ3n) is 3.50. The zero-order valence-corrected chi connectivity index (χ0v) is 12.9. The highest BCUT2D eigenvalue weighted by Crippen LogP contribution is 2.30. The van der Waals surface area contributed by atoms with Crippen molar-refractivity contribution in [2.24, 2.45) is 5.16 Å². The predicted octanol–water partition coefficient (Wildman–Crippen LogP) is -0.744. The van der Waals surface area contributed by atoms with Gasteiger partial charge in [-0.15, -0.1) is 0 Å². The van der Waals surface area contributed by atoms with E-state index in [1.807, 2.05) is 0 Å². The van der Waals surface area contributed by atoms with Gasteiger partial charge >= 0.3 is 0 Å². The van der Waals surface area contributed by atoms with Crippen LogP contribution in [0.4, 0.5) is 0 Å². The molecular weight excluding hydrogens is 326 g/mol. The summed E-state index contributed by atoms with van der Waals surface area (Å²) in [6, 6.07) is 6.27. The van der Waals surface area contributed by atoms with Crippen LogP contribution in [-0.4, -0.2) is 72.2 Å². The third-order valence-corrected chi connectivity index (χ3v) is 4.62. The van der Waals surface area contributed by atoms with Gasteiger partial charge in [-0.1, -0.05) is 29.1 Å². The number of phenols is 1. The number of nitrogens with zero attached hydrogens (tertiary/aromatic N) is 1. The van der Waals surface area contributed by atoms with Crippen molar-refractivity contribution in [2.75, 3.05) is 6.61 Å². The average molecular weight is 345 g/mol. The van der Waals surface area contributed by atoms with Crippen LogP contribution in [0.1, 0.15) is 5.56 Å². The maximum atomic E-state index is 9.96. The predicted molar refractivity (Wildman–Crippen MR) is 82.4 cm³/mol. The van der Waals surface area contributed by atoms with E-state index in [1.54, 1.807) is 12.1 Å². The van der Waals surface area contributed by atoms with Gasteiger partial charge in [0.1, 0.15) is 40.6 Å². The summed E-state index contributed by atoms with van der Waals surface area (Å²) in [6.07, 6.45) is -5.12. The molecule has 1 aliphatic heterocycles. The Kier molecular flexibility index (Phi) is 6.22. The first kappa shape index (κ1) is 18.0. The molecule has 1 aromatic rings. The Morgan fingerprint density at radius 3 is 2.30 bits per heavy atom. The highest BCUT2D eigenvalue weighted by atomic mass is 32.2. The molecule has 2 rings (SSSR count). The largest absolute Gasteiger partial charge is 0.508 e. The molecule has 128 valence electrons. The van der Waals surface area contributed by atoms with Crippen LogP contribution in [0.15, 0.2) is 29.4 Å². The molecule has 0 spiro atoms. The number of aliphatic hydroxyl groups excluding tert-OH is 4. The quantitative estimate of drug-likeness (QED) is 0.181. The lowest BCUT2D eigenvalue weighted by atomic mass is 10.0. The molecule has 0 amide bonds. The first-order valence-electron chi connectivity index (χ1n) is 6.92. The van der Waals surface area contributed by atoms with E-state index in [-0.39, 0.29) is 17.2 Å². The van der Waals surface area contributed by atoms with Gasteiger partial charge in [0.15, 0.2) is 0 Å². The molecule has 6 N–H and O–H groups in total. The molecule has 0 radical (unpaired) electrons. The van der Waals surface area contributed by atoms with Gasteiger partial charge < -0.3 is 35.5 Å². The number of thioether (sulfide) groups is 1. The first-order valence-corrected chi connectivity index (χ1v) is 7.80. The van der Waals surface area contributed by atoms with Crippen LogP contribution >= 0.6 is 11.8 Å². The molecule has 1 saturated heterocycles. The minimum Gasteiger partial charge on any atom is -0.508 e. The van der Waals surface area contributed by atoms with Gasteiger partial charge in [0, 0.05) is 6.42 Å². The lowest BCUT2D eigenvalue weighted by Gasteiger charge is -2.39. The molecule has 1 aliphatic rings. The highest BCUT2D eigenvalue weighted by molar-refractivity contribution is 8.14. The maximum Gasteiger partial charge on any atom is 0.138 e. The van der Waals surface area contributed by atoms with Crippen molar-refractivity contribution in [3.63, 3.8) is 0 Å². The van der Waals surface area contributed by atoms with Gasteiger partial charge in [0.05, 0.1) is 6.61 Å². The summed E-state index contributed by atoms with van der Waals surface area (Å²) in [6.45, 7) is -0.522. The van der Waals surface area contributed by atoms with Crippen LogP contribution in [-0.2, 0) is 11.2 Å². The Hall–Kier alpha value is -1.36. The molecule has 1 heterocycles. The Morgan fingerprint density at radius 1 is 1.09 bits per heavy atom. The van der Waals surface area contributed by atoms with E-state index < -0.39 is 36.5 Å². The molecule has 5 atom stereocenters. The Balaban J connectivity index is 2.04. The van der Waals surface area contributed by atoms with Crippen molar-refractivity contribution in [3.8, 4) is 5.75 Å². The Morgan fingerprint density at radius 2 is 1.74 bits per heavy atom. The second-order valence-corrected chi connectivity index (χ2v) is 6.32. The molecule has 5 unspecified atom stereocenters. The van der Waals surface area contributed by atoms with Gasteiger partial charge in [-0.2, -0.15) is 0 Å². The van der Waals surface area contributed by atoms with Gasteiger partial charge in [-0.3, -0.25) is 0 Å².